The zero-order valence-corrected chi connectivity index (χ0v) is 21.5. The Balaban J connectivity index is 1.65. The molecular weight excluding hydrogens is 499 g/mol. The highest BCUT2D eigenvalue weighted by atomic mass is 32.1. The van der Waals surface area contributed by atoms with Gasteiger partial charge in [0.2, 0.25) is 5.91 Å². The Hall–Kier alpha value is -3.80. The lowest BCUT2D eigenvalue weighted by atomic mass is 9.93. The fraction of sp³-hybridized carbons (Fsp3) is 0.400. The molecule has 1 atom stereocenters. The Morgan fingerprint density at radius 1 is 1.27 bits per heavy atom. The maximum atomic E-state index is 14.0. The molecule has 1 amide bonds. The first-order valence-corrected chi connectivity index (χ1v) is 12.9. The molecule has 0 spiro atoms. The van der Waals surface area contributed by atoms with Crippen molar-refractivity contribution < 1.29 is 13.9 Å². The average molecular weight is 527 g/mol. The van der Waals surface area contributed by atoms with E-state index < -0.39 is 23.1 Å². The van der Waals surface area contributed by atoms with Crippen molar-refractivity contribution in [2.45, 2.75) is 58.2 Å². The molecule has 1 saturated carbocycles. The Kier molecular flexibility index (Phi) is 6.67. The topological polar surface area (TPSA) is 113 Å². The van der Waals surface area contributed by atoms with Crippen LogP contribution < -0.4 is 21.3 Å². The normalized spacial score (nSPS) is 14.5. The second-order valence-electron chi connectivity index (χ2n) is 9.16. The van der Waals surface area contributed by atoms with Crippen molar-refractivity contribution in [3.63, 3.8) is 0 Å². The van der Waals surface area contributed by atoms with E-state index in [0.29, 0.717) is 32.1 Å². The number of thiophene rings is 1. The zero-order chi connectivity index (χ0) is 26.3. The zero-order valence-electron chi connectivity index (χ0n) is 20.7. The van der Waals surface area contributed by atoms with Gasteiger partial charge in [-0.3, -0.25) is 14.2 Å². The second kappa shape index (κ2) is 9.92. The lowest BCUT2D eigenvalue weighted by Gasteiger charge is -2.28. The predicted molar refractivity (Wildman–Crippen MR) is 137 cm³/mol. The lowest BCUT2D eigenvalue weighted by molar-refractivity contribution is -0.125. The highest BCUT2D eigenvalue weighted by molar-refractivity contribution is 7.21. The number of nitrogens with zero attached hydrogens (tertiary/aromatic N) is 5. The molecule has 1 fully saturated rings. The van der Waals surface area contributed by atoms with Crippen LogP contribution in [0.25, 0.3) is 15.2 Å². The van der Waals surface area contributed by atoms with Gasteiger partial charge < -0.3 is 10.1 Å². The molecule has 0 saturated heterocycles. The average Bonchev–Trinajstić information content (AvgIpc) is 3.49. The summed E-state index contributed by atoms with van der Waals surface area (Å²) in [6, 6.07) is 3.27. The summed E-state index contributed by atoms with van der Waals surface area (Å²) in [4.78, 5) is 42.3. The number of rotatable bonds is 8. The van der Waals surface area contributed by atoms with Crippen molar-refractivity contribution in [1.29, 1.82) is 0 Å². The molecule has 1 N–H and O–H groups in total. The number of ether oxygens (including phenoxy) is 1. The molecule has 194 valence electrons. The minimum atomic E-state index is -1.01. The molecule has 1 unspecified atom stereocenters. The van der Waals surface area contributed by atoms with Crippen LogP contribution in [0, 0.1) is 12.7 Å². The number of aryl methyl sites for hydroxylation is 3. The van der Waals surface area contributed by atoms with Gasteiger partial charge in [0.05, 0.1) is 24.9 Å². The van der Waals surface area contributed by atoms with Gasteiger partial charge in [-0.1, -0.05) is 11.3 Å². The molecule has 3 heterocycles. The van der Waals surface area contributed by atoms with E-state index in [1.54, 1.807) is 13.8 Å². The summed E-state index contributed by atoms with van der Waals surface area (Å²) in [6.07, 6.45) is 6.13. The molecule has 3 aromatic heterocycles. The second-order valence-corrected chi connectivity index (χ2v) is 10.1. The van der Waals surface area contributed by atoms with Crippen LogP contribution in [0.4, 0.5) is 4.39 Å². The third-order valence-corrected chi connectivity index (χ3v) is 8.16. The fourth-order valence-corrected chi connectivity index (χ4v) is 5.81. The first kappa shape index (κ1) is 24.9. The number of halogens is 1. The summed E-state index contributed by atoms with van der Waals surface area (Å²) < 4.78 is 21.8. The summed E-state index contributed by atoms with van der Waals surface area (Å²) in [6.45, 7) is 3.46. The summed E-state index contributed by atoms with van der Waals surface area (Å²) in [7, 11) is 1.50. The van der Waals surface area contributed by atoms with Gasteiger partial charge in [-0.2, -0.15) is 10.2 Å². The molecule has 1 aromatic carbocycles. The minimum Gasteiger partial charge on any atom is -0.496 e. The molecule has 0 radical (unpaired) electrons. The molecule has 5 rings (SSSR count). The number of carbonyl (C=O) groups is 1. The van der Waals surface area contributed by atoms with E-state index in [1.165, 1.54) is 58.4 Å². The van der Waals surface area contributed by atoms with Crippen LogP contribution in [0.15, 0.2) is 40.2 Å². The van der Waals surface area contributed by atoms with Crippen molar-refractivity contribution in [2.75, 3.05) is 7.11 Å². The lowest BCUT2D eigenvalue weighted by Crippen LogP contribution is -2.49. The smallest absolute Gasteiger partial charge is 0.332 e. The van der Waals surface area contributed by atoms with Gasteiger partial charge in [-0.25, -0.2) is 13.8 Å². The Bertz CT molecular complexity index is 1590. The van der Waals surface area contributed by atoms with E-state index in [9.17, 15) is 18.8 Å². The van der Waals surface area contributed by atoms with E-state index in [0.717, 1.165) is 23.8 Å². The van der Waals surface area contributed by atoms with Crippen molar-refractivity contribution in [3.05, 3.63) is 68.4 Å². The number of hydrogen-bond acceptors (Lipinski definition) is 7. The van der Waals surface area contributed by atoms with Gasteiger partial charge >= 0.3 is 5.69 Å². The highest BCUT2D eigenvalue weighted by Crippen LogP contribution is 2.31. The Morgan fingerprint density at radius 3 is 2.65 bits per heavy atom. The maximum Gasteiger partial charge on any atom is 0.332 e. The number of aromatic nitrogens is 5. The van der Waals surface area contributed by atoms with Crippen LogP contribution in [-0.2, 0) is 17.8 Å². The molecule has 4 aromatic rings. The monoisotopic (exact) mass is 526 g/mol. The van der Waals surface area contributed by atoms with Gasteiger partial charge in [0.25, 0.3) is 5.56 Å². The number of amides is 1. The molecule has 1 aliphatic carbocycles. The number of carbonyl (C=O) groups excluding carboxylic acids is 1. The van der Waals surface area contributed by atoms with Gasteiger partial charge in [0.1, 0.15) is 27.4 Å². The molecule has 1 aliphatic rings. The summed E-state index contributed by atoms with van der Waals surface area (Å²) in [5.41, 5.74) is 0.0466. The Morgan fingerprint density at radius 2 is 2.00 bits per heavy atom. The third-order valence-electron chi connectivity index (χ3n) is 6.88. The number of methoxy groups -OCH3 is 1. The van der Waals surface area contributed by atoms with E-state index in [-0.39, 0.29) is 24.9 Å². The largest absolute Gasteiger partial charge is 0.496 e. The van der Waals surface area contributed by atoms with Crippen LogP contribution >= 0.6 is 11.3 Å². The summed E-state index contributed by atoms with van der Waals surface area (Å²) in [5, 5.41) is 12.2. The molecule has 37 heavy (non-hydrogen) atoms. The van der Waals surface area contributed by atoms with Crippen LogP contribution in [0.3, 0.4) is 0 Å². The molecule has 10 nitrogen and oxygen atoms in total. The van der Waals surface area contributed by atoms with E-state index in [1.807, 2.05) is 0 Å². The SMILES string of the molecule is COc1ccc(F)cc1CCn1c(=O)n(C(C)C(=O)NC2CCC2)c(=O)c2c(C)c(-n3nccn3)sc21. The Labute approximate surface area is 215 Å². The third kappa shape index (κ3) is 4.45. The first-order valence-electron chi connectivity index (χ1n) is 12.1. The van der Waals surface area contributed by atoms with Gasteiger partial charge in [-0.15, -0.1) is 4.80 Å². The van der Waals surface area contributed by atoms with Gasteiger partial charge in [-0.05, 0) is 63.3 Å². The van der Waals surface area contributed by atoms with Crippen LogP contribution in [0.1, 0.15) is 43.4 Å². The van der Waals surface area contributed by atoms with E-state index >= 15 is 0 Å². The van der Waals surface area contributed by atoms with E-state index in [4.69, 9.17) is 4.74 Å². The highest BCUT2D eigenvalue weighted by Gasteiger charge is 2.28. The van der Waals surface area contributed by atoms with Crippen LogP contribution in [0.2, 0.25) is 0 Å². The standard InChI is InChI=1S/C25H27FN6O4S/c1-14-20-22(34)31(15(2)21(33)29-18-5-4-6-18)25(35)30(24(20)37-23(14)32-27-10-11-28-32)12-9-16-13-17(26)7-8-19(16)36-3/h7-8,10-11,13,15,18H,4-6,9,12H2,1-3H3,(H,29,33). The van der Waals surface area contributed by atoms with Crippen molar-refractivity contribution in [1.82, 2.24) is 29.4 Å². The fourth-order valence-electron chi connectivity index (χ4n) is 4.57. The van der Waals surface area contributed by atoms with Gasteiger partial charge in [0, 0.05) is 18.2 Å². The van der Waals surface area contributed by atoms with Crippen molar-refractivity contribution >= 4 is 27.5 Å². The first-order chi connectivity index (χ1) is 17.8. The molecule has 0 aliphatic heterocycles. The minimum absolute atomic E-state index is 0.0671. The molecular formula is C25H27FN6O4S. The van der Waals surface area contributed by atoms with E-state index in [2.05, 4.69) is 15.5 Å². The molecule has 12 heteroatoms. The van der Waals surface area contributed by atoms with Crippen molar-refractivity contribution in [2.24, 2.45) is 0 Å². The van der Waals surface area contributed by atoms with Crippen LogP contribution in [0.5, 0.6) is 5.75 Å². The van der Waals surface area contributed by atoms with Gasteiger partial charge in [0.15, 0.2) is 0 Å². The van der Waals surface area contributed by atoms with Crippen molar-refractivity contribution in [3.8, 4) is 10.8 Å². The summed E-state index contributed by atoms with van der Waals surface area (Å²) >= 11 is 1.22. The number of nitrogens with one attached hydrogen (secondary N) is 1. The number of fused-ring (bicyclic) bond motifs is 1. The number of benzene rings is 1. The summed E-state index contributed by atoms with van der Waals surface area (Å²) in [5.74, 6) is -0.293. The molecule has 0 bridgehead atoms. The van der Waals surface area contributed by atoms with Crippen LogP contribution in [-0.4, -0.2) is 43.2 Å². The quantitative estimate of drug-likeness (QED) is 0.378. The number of hydrogen-bond donors (Lipinski definition) is 1. The maximum absolute atomic E-state index is 14.0. The predicted octanol–water partition coefficient (Wildman–Crippen LogP) is 2.73.